The molecule has 1 aromatic carbocycles. The average Bonchev–Trinajstić information content (AvgIpc) is 2.41. The molecule has 1 N–H and O–H groups in total. The lowest BCUT2D eigenvalue weighted by Gasteiger charge is -2.21. The van der Waals surface area contributed by atoms with Gasteiger partial charge in [0.25, 0.3) is 0 Å². The SMILES string of the molecule is CCN(Cc1ccccc1)C(=O)CNC(=O)C(F)(F)F. The van der Waals surface area contributed by atoms with Crippen LogP contribution in [0.4, 0.5) is 13.2 Å². The highest BCUT2D eigenvalue weighted by Crippen LogP contribution is 2.13. The Balaban J connectivity index is 2.54. The molecule has 0 saturated heterocycles. The Morgan fingerprint density at radius 2 is 1.80 bits per heavy atom. The van der Waals surface area contributed by atoms with Crippen molar-refractivity contribution in [1.29, 1.82) is 0 Å². The normalized spacial score (nSPS) is 11.0. The highest BCUT2D eigenvalue weighted by molar-refractivity contribution is 5.87. The van der Waals surface area contributed by atoms with Crippen LogP contribution in [0.5, 0.6) is 0 Å². The van der Waals surface area contributed by atoms with Crippen LogP contribution in [0.25, 0.3) is 0 Å². The minimum Gasteiger partial charge on any atom is -0.339 e. The molecule has 1 aromatic rings. The molecule has 20 heavy (non-hydrogen) atoms. The minimum atomic E-state index is -4.98. The van der Waals surface area contributed by atoms with Gasteiger partial charge in [-0.2, -0.15) is 13.2 Å². The summed E-state index contributed by atoms with van der Waals surface area (Å²) in [6.07, 6.45) is -4.98. The number of nitrogens with one attached hydrogen (secondary N) is 1. The number of amides is 2. The molecule has 0 aliphatic heterocycles. The molecule has 0 bridgehead atoms. The van der Waals surface area contributed by atoms with Crippen LogP contribution in [-0.2, 0) is 16.1 Å². The van der Waals surface area contributed by atoms with Crippen LogP contribution < -0.4 is 5.32 Å². The lowest BCUT2D eigenvalue weighted by Crippen LogP contribution is -2.44. The van der Waals surface area contributed by atoms with Gasteiger partial charge in [-0.3, -0.25) is 9.59 Å². The maximum Gasteiger partial charge on any atom is 0.471 e. The zero-order valence-corrected chi connectivity index (χ0v) is 10.9. The Bertz CT molecular complexity index is 460. The molecule has 0 aliphatic rings. The number of alkyl halides is 3. The predicted molar refractivity (Wildman–Crippen MR) is 66.6 cm³/mol. The molecular weight excluding hydrogens is 273 g/mol. The first-order valence-corrected chi connectivity index (χ1v) is 6.01. The van der Waals surface area contributed by atoms with E-state index in [1.165, 1.54) is 4.90 Å². The van der Waals surface area contributed by atoms with E-state index in [0.717, 1.165) is 5.56 Å². The van der Waals surface area contributed by atoms with E-state index >= 15 is 0 Å². The molecule has 0 aliphatic carbocycles. The Hall–Kier alpha value is -2.05. The van der Waals surface area contributed by atoms with Crippen molar-refractivity contribution in [3.05, 3.63) is 35.9 Å². The minimum absolute atomic E-state index is 0.290. The van der Waals surface area contributed by atoms with Gasteiger partial charge in [0, 0.05) is 13.1 Å². The van der Waals surface area contributed by atoms with Gasteiger partial charge in [-0.15, -0.1) is 0 Å². The fourth-order valence-corrected chi connectivity index (χ4v) is 1.55. The van der Waals surface area contributed by atoms with Crippen molar-refractivity contribution in [1.82, 2.24) is 10.2 Å². The van der Waals surface area contributed by atoms with Crippen molar-refractivity contribution >= 4 is 11.8 Å². The number of nitrogens with zero attached hydrogens (tertiary/aromatic N) is 1. The number of carbonyl (C=O) groups excluding carboxylic acids is 2. The van der Waals surface area contributed by atoms with Crippen molar-refractivity contribution in [3.63, 3.8) is 0 Å². The molecule has 0 saturated carbocycles. The summed E-state index contributed by atoms with van der Waals surface area (Å²) in [6.45, 7) is 1.68. The third-order valence-corrected chi connectivity index (χ3v) is 2.61. The number of carbonyl (C=O) groups is 2. The van der Waals surface area contributed by atoms with Crippen LogP contribution in [0, 0.1) is 0 Å². The number of hydrogen-bond acceptors (Lipinski definition) is 2. The fourth-order valence-electron chi connectivity index (χ4n) is 1.55. The van der Waals surface area contributed by atoms with Crippen LogP contribution in [0.3, 0.4) is 0 Å². The van der Waals surface area contributed by atoms with Gasteiger partial charge >= 0.3 is 12.1 Å². The van der Waals surface area contributed by atoms with Crippen molar-refractivity contribution in [2.24, 2.45) is 0 Å². The Kier molecular flexibility index (Phi) is 5.54. The van der Waals surface area contributed by atoms with Gasteiger partial charge in [0.2, 0.25) is 5.91 Å². The predicted octanol–water partition coefficient (Wildman–Crippen LogP) is 1.71. The smallest absolute Gasteiger partial charge is 0.339 e. The molecule has 7 heteroatoms. The molecule has 0 atom stereocenters. The number of halogens is 3. The molecule has 1 rings (SSSR count). The standard InChI is InChI=1S/C13H15F3N2O2/c1-2-18(9-10-6-4-3-5-7-10)11(19)8-17-12(20)13(14,15)16/h3-7H,2,8-9H2,1H3,(H,17,20). The lowest BCUT2D eigenvalue weighted by molar-refractivity contribution is -0.174. The van der Waals surface area contributed by atoms with Crippen molar-refractivity contribution < 1.29 is 22.8 Å². The summed E-state index contributed by atoms with van der Waals surface area (Å²) in [5, 5.41) is 1.57. The van der Waals surface area contributed by atoms with E-state index in [9.17, 15) is 22.8 Å². The quantitative estimate of drug-likeness (QED) is 0.896. The van der Waals surface area contributed by atoms with Gasteiger partial charge < -0.3 is 10.2 Å². The molecule has 0 radical (unpaired) electrons. The van der Waals surface area contributed by atoms with E-state index in [0.29, 0.717) is 6.54 Å². The molecule has 0 spiro atoms. The largest absolute Gasteiger partial charge is 0.471 e. The van der Waals surface area contributed by atoms with Crippen molar-refractivity contribution in [2.75, 3.05) is 13.1 Å². The monoisotopic (exact) mass is 288 g/mol. The third kappa shape index (κ3) is 4.91. The summed E-state index contributed by atoms with van der Waals surface area (Å²) in [4.78, 5) is 23.8. The first-order chi connectivity index (χ1) is 9.34. The number of hydrogen-bond donors (Lipinski definition) is 1. The summed E-state index contributed by atoms with van der Waals surface area (Å²) in [5.41, 5.74) is 0.866. The molecule has 0 aromatic heterocycles. The van der Waals surface area contributed by atoms with E-state index in [2.05, 4.69) is 0 Å². The van der Waals surface area contributed by atoms with E-state index in [4.69, 9.17) is 0 Å². The second-order valence-electron chi connectivity index (χ2n) is 4.07. The van der Waals surface area contributed by atoms with Crippen LogP contribution in [0.2, 0.25) is 0 Å². The van der Waals surface area contributed by atoms with Gasteiger partial charge in [0.05, 0.1) is 6.54 Å². The fraction of sp³-hybridized carbons (Fsp3) is 0.385. The average molecular weight is 288 g/mol. The zero-order chi connectivity index (χ0) is 15.2. The maximum atomic E-state index is 12.0. The number of benzene rings is 1. The molecule has 0 unspecified atom stereocenters. The van der Waals surface area contributed by atoms with Crippen molar-refractivity contribution in [2.45, 2.75) is 19.6 Å². The van der Waals surface area contributed by atoms with Crippen LogP contribution in [-0.4, -0.2) is 36.0 Å². The van der Waals surface area contributed by atoms with Crippen LogP contribution in [0.1, 0.15) is 12.5 Å². The Labute approximate surface area is 114 Å². The summed E-state index contributed by atoms with van der Waals surface area (Å²) in [7, 11) is 0. The molecule has 0 fully saturated rings. The van der Waals surface area contributed by atoms with Gasteiger partial charge in [-0.25, -0.2) is 0 Å². The zero-order valence-electron chi connectivity index (χ0n) is 10.9. The van der Waals surface area contributed by atoms with E-state index in [1.54, 1.807) is 24.4 Å². The number of likely N-dealkylation sites (N-methyl/N-ethyl adjacent to an activating group) is 1. The van der Waals surface area contributed by atoms with Gasteiger partial charge in [0.1, 0.15) is 0 Å². The lowest BCUT2D eigenvalue weighted by atomic mass is 10.2. The van der Waals surface area contributed by atoms with E-state index < -0.39 is 24.5 Å². The number of rotatable bonds is 5. The van der Waals surface area contributed by atoms with Crippen molar-refractivity contribution in [3.8, 4) is 0 Å². The first-order valence-electron chi connectivity index (χ1n) is 6.01. The highest BCUT2D eigenvalue weighted by atomic mass is 19.4. The van der Waals surface area contributed by atoms with Gasteiger partial charge in [-0.1, -0.05) is 30.3 Å². The van der Waals surface area contributed by atoms with Crippen LogP contribution >= 0.6 is 0 Å². The second kappa shape index (κ2) is 6.93. The summed E-state index contributed by atoms with van der Waals surface area (Å²) >= 11 is 0. The second-order valence-corrected chi connectivity index (χ2v) is 4.07. The highest BCUT2D eigenvalue weighted by Gasteiger charge is 2.38. The summed E-state index contributed by atoms with van der Waals surface area (Å²) in [6, 6.07) is 9.05. The Morgan fingerprint density at radius 3 is 2.30 bits per heavy atom. The topological polar surface area (TPSA) is 49.4 Å². The molecule has 110 valence electrons. The van der Waals surface area contributed by atoms with Gasteiger partial charge in [0.15, 0.2) is 0 Å². The third-order valence-electron chi connectivity index (χ3n) is 2.61. The van der Waals surface area contributed by atoms with Crippen LogP contribution in [0.15, 0.2) is 30.3 Å². The molecular formula is C13H15F3N2O2. The van der Waals surface area contributed by atoms with E-state index in [1.807, 2.05) is 18.2 Å². The molecule has 4 nitrogen and oxygen atoms in total. The first kappa shape index (κ1) is 16.0. The van der Waals surface area contributed by atoms with Gasteiger partial charge in [-0.05, 0) is 12.5 Å². The summed E-state index contributed by atoms with van der Waals surface area (Å²) < 4.78 is 36.0. The maximum absolute atomic E-state index is 12.0. The Morgan fingerprint density at radius 1 is 1.20 bits per heavy atom. The summed E-state index contributed by atoms with van der Waals surface area (Å²) in [5.74, 6) is -2.67. The molecule has 2 amide bonds. The van der Waals surface area contributed by atoms with E-state index in [-0.39, 0.29) is 6.54 Å². The molecule has 0 heterocycles.